The van der Waals surface area contributed by atoms with Gasteiger partial charge in [0.05, 0.1) is 17.9 Å². The Balaban J connectivity index is 2.14. The Morgan fingerprint density at radius 1 is 1.60 bits per heavy atom. The van der Waals surface area contributed by atoms with Gasteiger partial charge in [-0.25, -0.2) is 14.8 Å². The molecule has 2 rings (SSSR count). The normalized spacial score (nSPS) is 10.5. The number of carbonyl (C=O) groups is 1. The van der Waals surface area contributed by atoms with Crippen LogP contribution in [0.5, 0.6) is 0 Å². The first kappa shape index (κ1) is 9.85. The molecule has 2 heterocycles. The van der Waals surface area contributed by atoms with E-state index in [1.54, 1.807) is 22.1 Å². The third-order valence-electron chi connectivity index (χ3n) is 1.86. The molecule has 0 aliphatic heterocycles. The predicted molar refractivity (Wildman–Crippen MR) is 55.1 cm³/mol. The van der Waals surface area contributed by atoms with E-state index in [9.17, 15) is 4.79 Å². The topological polar surface area (TPSA) is 68.0 Å². The number of hydrogen-bond acceptors (Lipinski definition) is 4. The lowest BCUT2D eigenvalue weighted by atomic mass is 10.5. The fraction of sp³-hybridized carbons (Fsp3) is 0.222. The number of thiazole rings is 1. The van der Waals surface area contributed by atoms with Gasteiger partial charge in [-0.15, -0.1) is 11.3 Å². The van der Waals surface area contributed by atoms with Crippen molar-refractivity contribution < 1.29 is 9.90 Å². The van der Waals surface area contributed by atoms with Crippen molar-refractivity contribution in [1.29, 1.82) is 0 Å². The van der Waals surface area contributed by atoms with Crippen molar-refractivity contribution in [3.05, 3.63) is 34.3 Å². The van der Waals surface area contributed by atoms with Crippen LogP contribution in [0.15, 0.2) is 18.7 Å². The van der Waals surface area contributed by atoms with E-state index in [0.29, 0.717) is 6.54 Å². The zero-order chi connectivity index (χ0) is 10.8. The highest BCUT2D eigenvalue weighted by Gasteiger charge is 2.07. The number of carboxylic acids is 1. The number of nitrogens with zero attached hydrogens (tertiary/aromatic N) is 3. The number of aromatic nitrogens is 3. The third kappa shape index (κ3) is 2.21. The van der Waals surface area contributed by atoms with Crippen LogP contribution in [-0.4, -0.2) is 25.6 Å². The smallest absolute Gasteiger partial charge is 0.356 e. The molecule has 78 valence electrons. The lowest BCUT2D eigenvalue weighted by molar-refractivity contribution is 0.0691. The van der Waals surface area contributed by atoms with Gasteiger partial charge in [0.15, 0.2) is 5.69 Å². The maximum absolute atomic E-state index is 10.6. The average molecular weight is 223 g/mol. The van der Waals surface area contributed by atoms with Gasteiger partial charge in [-0.1, -0.05) is 0 Å². The lowest BCUT2D eigenvalue weighted by Gasteiger charge is -1.96. The number of rotatable bonds is 3. The summed E-state index contributed by atoms with van der Waals surface area (Å²) < 4.78 is 1.73. The number of aromatic carboxylic acids is 1. The van der Waals surface area contributed by atoms with Crippen LogP contribution in [0.4, 0.5) is 0 Å². The van der Waals surface area contributed by atoms with Crippen molar-refractivity contribution in [3.63, 3.8) is 0 Å². The summed E-state index contributed by atoms with van der Waals surface area (Å²) in [7, 11) is 0. The van der Waals surface area contributed by atoms with Gasteiger partial charge in [0.25, 0.3) is 0 Å². The first-order valence-electron chi connectivity index (χ1n) is 4.31. The Labute approximate surface area is 90.0 Å². The molecular formula is C9H9N3O2S. The Morgan fingerprint density at radius 3 is 2.93 bits per heavy atom. The predicted octanol–water partition coefficient (Wildman–Crippen LogP) is 1.39. The van der Waals surface area contributed by atoms with Crippen molar-refractivity contribution in [2.75, 3.05) is 0 Å². The third-order valence-corrected chi connectivity index (χ3v) is 2.76. The van der Waals surface area contributed by atoms with Crippen molar-refractivity contribution in [1.82, 2.24) is 14.5 Å². The standard InChI is InChI=1S/C9H9N3O2S/c1-6-10-2-7(15-6)3-12-4-8(9(13)14)11-5-12/h2,4-5H,3H2,1H3,(H,13,14). The fourth-order valence-electron chi connectivity index (χ4n) is 1.22. The molecule has 0 amide bonds. The molecule has 0 atom stereocenters. The summed E-state index contributed by atoms with van der Waals surface area (Å²) in [6, 6.07) is 0. The molecule has 0 bridgehead atoms. The molecular weight excluding hydrogens is 214 g/mol. The van der Waals surface area contributed by atoms with Crippen LogP contribution in [0.25, 0.3) is 0 Å². The molecule has 0 aliphatic rings. The van der Waals surface area contributed by atoms with Crippen molar-refractivity contribution in [2.24, 2.45) is 0 Å². The largest absolute Gasteiger partial charge is 0.476 e. The Bertz CT molecular complexity index is 489. The van der Waals surface area contributed by atoms with Crippen LogP contribution in [0.2, 0.25) is 0 Å². The van der Waals surface area contributed by atoms with E-state index in [4.69, 9.17) is 5.11 Å². The number of imidazole rings is 1. The highest BCUT2D eigenvalue weighted by atomic mass is 32.1. The maximum atomic E-state index is 10.6. The molecule has 2 aromatic heterocycles. The Hall–Kier alpha value is -1.69. The summed E-state index contributed by atoms with van der Waals surface area (Å²) in [4.78, 5) is 19.6. The number of carboxylic acid groups (broad SMARTS) is 1. The molecule has 0 spiro atoms. The van der Waals surface area contributed by atoms with E-state index in [0.717, 1.165) is 9.88 Å². The van der Waals surface area contributed by atoms with E-state index in [2.05, 4.69) is 9.97 Å². The molecule has 0 radical (unpaired) electrons. The van der Waals surface area contributed by atoms with Gasteiger partial charge in [-0.2, -0.15) is 0 Å². The van der Waals surface area contributed by atoms with Crippen molar-refractivity contribution in [2.45, 2.75) is 13.5 Å². The molecule has 6 heteroatoms. The van der Waals surface area contributed by atoms with Gasteiger partial charge in [0.2, 0.25) is 0 Å². The summed E-state index contributed by atoms with van der Waals surface area (Å²) in [6.07, 6.45) is 4.82. The van der Waals surface area contributed by atoms with Crippen molar-refractivity contribution >= 4 is 17.3 Å². The number of aryl methyl sites for hydroxylation is 1. The zero-order valence-corrected chi connectivity index (χ0v) is 8.86. The van der Waals surface area contributed by atoms with Gasteiger partial charge < -0.3 is 9.67 Å². The molecule has 0 fully saturated rings. The molecule has 1 N–H and O–H groups in total. The summed E-state index contributed by atoms with van der Waals surface area (Å²) in [5.41, 5.74) is 0.0660. The van der Waals surface area contributed by atoms with E-state index >= 15 is 0 Å². The quantitative estimate of drug-likeness (QED) is 0.853. The van der Waals surface area contributed by atoms with Crippen LogP contribution in [0.3, 0.4) is 0 Å². The van der Waals surface area contributed by atoms with Gasteiger partial charge in [-0.3, -0.25) is 0 Å². The second-order valence-corrected chi connectivity index (χ2v) is 4.40. The lowest BCUT2D eigenvalue weighted by Crippen LogP contribution is -1.97. The molecule has 0 saturated carbocycles. The van der Waals surface area contributed by atoms with Crippen molar-refractivity contribution in [3.8, 4) is 0 Å². The molecule has 5 nitrogen and oxygen atoms in total. The van der Waals surface area contributed by atoms with Crippen LogP contribution in [-0.2, 0) is 6.54 Å². The summed E-state index contributed by atoms with van der Waals surface area (Å²) in [5.74, 6) is -1.01. The second kappa shape index (κ2) is 3.82. The molecule has 0 saturated heterocycles. The van der Waals surface area contributed by atoms with E-state index in [1.807, 2.05) is 6.92 Å². The summed E-state index contributed by atoms with van der Waals surface area (Å²) in [6.45, 7) is 2.55. The van der Waals surface area contributed by atoms with E-state index < -0.39 is 5.97 Å². The first-order chi connectivity index (χ1) is 7.15. The highest BCUT2D eigenvalue weighted by Crippen LogP contribution is 2.13. The second-order valence-electron chi connectivity index (χ2n) is 3.08. The molecule has 0 aliphatic carbocycles. The minimum absolute atomic E-state index is 0.0660. The molecule has 0 unspecified atom stereocenters. The van der Waals surface area contributed by atoms with Gasteiger partial charge in [0, 0.05) is 17.3 Å². The molecule has 0 aromatic carbocycles. The highest BCUT2D eigenvalue weighted by molar-refractivity contribution is 7.11. The SMILES string of the molecule is Cc1ncc(Cn2cnc(C(=O)O)c2)s1. The van der Waals surface area contributed by atoms with E-state index in [1.165, 1.54) is 12.5 Å². The Kier molecular flexibility index (Phi) is 2.51. The summed E-state index contributed by atoms with van der Waals surface area (Å²) >= 11 is 1.59. The molecule has 15 heavy (non-hydrogen) atoms. The van der Waals surface area contributed by atoms with Crippen LogP contribution >= 0.6 is 11.3 Å². The van der Waals surface area contributed by atoms with Gasteiger partial charge >= 0.3 is 5.97 Å². The first-order valence-corrected chi connectivity index (χ1v) is 5.13. The van der Waals surface area contributed by atoms with Gasteiger partial charge in [0.1, 0.15) is 0 Å². The average Bonchev–Trinajstić information content (AvgIpc) is 2.76. The maximum Gasteiger partial charge on any atom is 0.356 e. The van der Waals surface area contributed by atoms with Gasteiger partial charge in [-0.05, 0) is 6.92 Å². The minimum atomic E-state index is -1.01. The summed E-state index contributed by atoms with van der Waals surface area (Å²) in [5, 5.41) is 9.69. The monoisotopic (exact) mass is 223 g/mol. The molecule has 2 aromatic rings. The van der Waals surface area contributed by atoms with Crippen LogP contribution < -0.4 is 0 Å². The zero-order valence-electron chi connectivity index (χ0n) is 8.04. The minimum Gasteiger partial charge on any atom is -0.476 e. The fourth-order valence-corrected chi connectivity index (χ4v) is 2.02. The Morgan fingerprint density at radius 2 is 2.40 bits per heavy atom. The van der Waals surface area contributed by atoms with Crippen LogP contribution in [0.1, 0.15) is 20.4 Å². The van der Waals surface area contributed by atoms with Crippen LogP contribution in [0, 0.1) is 6.92 Å². The van der Waals surface area contributed by atoms with E-state index in [-0.39, 0.29) is 5.69 Å². The number of hydrogen-bond donors (Lipinski definition) is 1.